The second kappa shape index (κ2) is 23.8. The molecule has 25 nitrogen and oxygen atoms in total. The van der Waals surface area contributed by atoms with Gasteiger partial charge in [0.1, 0.15) is 104 Å². The quantitative estimate of drug-likeness (QED) is 0.0600. The van der Waals surface area contributed by atoms with E-state index in [1.807, 2.05) is 0 Å². The third-order valence-corrected chi connectivity index (χ3v) is 23.0. The Hall–Kier alpha value is -1.71. The molecule has 4 saturated carbocycles. The van der Waals surface area contributed by atoms with Gasteiger partial charge >= 0.3 is 5.97 Å². The van der Waals surface area contributed by atoms with Gasteiger partial charge in [-0.3, -0.25) is 4.79 Å². The Morgan fingerprint density at radius 2 is 1.13 bits per heavy atom. The van der Waals surface area contributed by atoms with Crippen LogP contribution in [-0.4, -0.2) is 251 Å². The number of ether oxygens (including phenoxy) is 10. The van der Waals surface area contributed by atoms with Crippen LogP contribution in [0.5, 0.6) is 0 Å². The van der Waals surface area contributed by atoms with Crippen molar-refractivity contribution in [2.24, 2.45) is 50.2 Å². The third-order valence-electron chi connectivity index (χ3n) is 23.0. The predicted molar refractivity (Wildman–Crippen MR) is 287 cm³/mol. The highest BCUT2D eigenvalue weighted by molar-refractivity contribution is 5.79. The molecule has 10 rings (SSSR count). The number of aliphatic hydroxyl groups is 14. The van der Waals surface area contributed by atoms with Crippen molar-refractivity contribution in [1.82, 2.24) is 0 Å². The minimum atomic E-state index is -1.88. The van der Waals surface area contributed by atoms with Gasteiger partial charge in [0.25, 0.3) is 0 Å². The number of rotatable bonds is 12. The Kier molecular flexibility index (Phi) is 18.5. The van der Waals surface area contributed by atoms with E-state index in [1.54, 1.807) is 0 Å². The average molecular weight is 1210 g/mol. The molecule has 32 atom stereocenters. The molecule has 0 aromatic carbocycles. The smallest absolute Gasteiger partial charge is 0.315 e. The van der Waals surface area contributed by atoms with Crippen molar-refractivity contribution in [2.75, 3.05) is 19.8 Å². The van der Waals surface area contributed by atoms with Gasteiger partial charge in [-0.05, 0) is 123 Å². The summed E-state index contributed by atoms with van der Waals surface area (Å²) in [5.41, 5.74) is -1.12. The van der Waals surface area contributed by atoms with Gasteiger partial charge in [-0.1, -0.05) is 60.1 Å². The highest BCUT2D eigenvalue weighted by Crippen LogP contribution is 2.76. The summed E-state index contributed by atoms with van der Waals surface area (Å²) < 4.78 is 59.6. The van der Waals surface area contributed by atoms with Crippen LogP contribution in [0.4, 0.5) is 0 Å². The van der Waals surface area contributed by atoms with Crippen molar-refractivity contribution < 1.29 is 124 Å². The molecule has 10 aliphatic rings. The SMILES string of the molecule is C[C@@H]1O[C@@H](O[C@H]2[C@H](O)[C@@H](O)[C@H](OC[C@H]3O[C@@H](OC(=O)[C@]45CCC(C)(C)C[C@H]4C4=CC[C@H]6[C@@]7(C)CC[C@H](O[C@@H]8OC[C@@H](O)[C@@H](O)[C@@H]8O[C@H]8O[C@@H](C)[C@H](O)[C@@H](O)[C@H]8O)C(C)(C)[C@@H]7CC[C@@]6(C)[C@]4(C)CC5)[C@H](O)[C@@H](O)[C@@H]3O)O[C@@H]2CO)[C@H](O)[C@H](O)[C@H]1O. The first-order valence-corrected chi connectivity index (χ1v) is 30.5. The fourth-order valence-corrected chi connectivity index (χ4v) is 17.5. The summed E-state index contributed by atoms with van der Waals surface area (Å²) in [6, 6.07) is 0. The van der Waals surface area contributed by atoms with E-state index in [0.29, 0.717) is 38.5 Å². The summed E-state index contributed by atoms with van der Waals surface area (Å²) in [5.74, 6) is -0.449. The lowest BCUT2D eigenvalue weighted by Crippen LogP contribution is -2.66. The molecule has 84 heavy (non-hydrogen) atoms. The lowest BCUT2D eigenvalue weighted by molar-refractivity contribution is -0.364. The van der Waals surface area contributed by atoms with Gasteiger partial charge in [-0.25, -0.2) is 0 Å². The molecule has 0 radical (unpaired) electrons. The van der Waals surface area contributed by atoms with E-state index in [4.69, 9.17) is 47.4 Å². The molecule has 5 aliphatic heterocycles. The lowest BCUT2D eigenvalue weighted by Gasteiger charge is -2.71. The van der Waals surface area contributed by atoms with Crippen LogP contribution in [0.1, 0.15) is 127 Å². The second-order valence-electron chi connectivity index (χ2n) is 28.6. The maximum Gasteiger partial charge on any atom is 0.315 e. The number of fused-ring (bicyclic) bond motifs is 7. The molecule has 0 amide bonds. The first-order valence-electron chi connectivity index (χ1n) is 30.5. The molecular weight excluding hydrogens is 1110 g/mol. The van der Waals surface area contributed by atoms with Gasteiger partial charge in [0.15, 0.2) is 25.2 Å². The summed E-state index contributed by atoms with van der Waals surface area (Å²) in [5, 5.41) is 151. The summed E-state index contributed by atoms with van der Waals surface area (Å²) >= 11 is 0. The van der Waals surface area contributed by atoms with Crippen molar-refractivity contribution in [3.05, 3.63) is 11.6 Å². The monoisotopic (exact) mass is 1200 g/mol. The fourth-order valence-electron chi connectivity index (χ4n) is 17.5. The van der Waals surface area contributed by atoms with Crippen LogP contribution in [0.25, 0.3) is 0 Å². The van der Waals surface area contributed by atoms with E-state index in [0.717, 1.165) is 25.7 Å². The molecule has 0 aromatic rings. The zero-order valence-electron chi connectivity index (χ0n) is 49.7. The third kappa shape index (κ3) is 10.9. The van der Waals surface area contributed by atoms with E-state index in [1.165, 1.54) is 19.4 Å². The molecular formula is C59H96O25. The van der Waals surface area contributed by atoms with E-state index < -0.39 is 177 Å². The van der Waals surface area contributed by atoms with Gasteiger partial charge in [0.05, 0.1) is 43.5 Å². The summed E-state index contributed by atoms with van der Waals surface area (Å²) in [4.78, 5) is 15.2. The fraction of sp³-hybridized carbons (Fsp3) is 0.949. The molecule has 25 heteroatoms. The van der Waals surface area contributed by atoms with Crippen molar-refractivity contribution >= 4 is 5.97 Å². The molecule has 0 unspecified atom stereocenters. The number of allylic oxidation sites excluding steroid dienone is 2. The molecule has 5 saturated heterocycles. The number of carbonyl (C=O) groups excluding carboxylic acids is 1. The molecule has 9 fully saturated rings. The predicted octanol–water partition coefficient (Wildman–Crippen LogP) is -1.52. The number of carbonyl (C=O) groups is 1. The van der Waals surface area contributed by atoms with Crippen LogP contribution >= 0.6 is 0 Å². The molecule has 0 aromatic heterocycles. The van der Waals surface area contributed by atoms with Gasteiger partial charge in [0.2, 0.25) is 6.29 Å². The molecule has 5 aliphatic carbocycles. The molecule has 0 bridgehead atoms. The zero-order chi connectivity index (χ0) is 61.3. The zero-order valence-corrected chi connectivity index (χ0v) is 49.7. The van der Waals surface area contributed by atoms with E-state index in [-0.39, 0.29) is 52.1 Å². The maximum atomic E-state index is 15.2. The van der Waals surface area contributed by atoms with Crippen LogP contribution in [0, 0.1) is 50.2 Å². The van der Waals surface area contributed by atoms with Crippen molar-refractivity contribution in [2.45, 2.75) is 280 Å². The van der Waals surface area contributed by atoms with Gasteiger partial charge < -0.3 is 119 Å². The molecule has 482 valence electrons. The van der Waals surface area contributed by atoms with Crippen LogP contribution in [-0.2, 0) is 52.2 Å². The Bertz CT molecular complexity index is 2340. The van der Waals surface area contributed by atoms with E-state index in [2.05, 4.69) is 54.5 Å². The van der Waals surface area contributed by atoms with Crippen LogP contribution < -0.4 is 0 Å². The maximum absolute atomic E-state index is 15.2. The highest BCUT2D eigenvalue weighted by atomic mass is 16.8. The Balaban J connectivity index is 0.824. The van der Waals surface area contributed by atoms with Crippen molar-refractivity contribution in [1.29, 1.82) is 0 Å². The van der Waals surface area contributed by atoms with Gasteiger partial charge in [0, 0.05) is 0 Å². The Morgan fingerprint density at radius 1 is 0.560 bits per heavy atom. The normalized spacial score (nSPS) is 54.6. The average Bonchev–Trinajstić information content (AvgIpc) is 0.691. The number of aliphatic hydroxyl groups excluding tert-OH is 14. The minimum absolute atomic E-state index is 0.150. The highest BCUT2D eigenvalue weighted by Gasteiger charge is 2.70. The standard InChI is InChI=1S/C59H96O25/c1-24-34(62)38(66)42(70)49(77-24)82-46-29(21-60)79-48(45(73)41(46)69)76-23-30-37(65)40(68)44(72)51(80-30)84-53(74)59-18-16-54(3,4)20-27(59)26-10-11-32-56(7)14-13-33(55(5,6)31(56)12-15-58(32,9)57(26,8)17-19-59)81-52-47(36(64)28(61)22-75-52)83-50-43(71)39(67)35(63)25(2)78-50/h10,24-25,27-52,60-73H,11-23H2,1-9H3/t24-,25-,27-,28+,29+,30+,31-,32-,33-,34-,35-,36+,37+,38+,39+,40-,41+,42+,43+,44+,45+,46+,47-,48+,49-,50+,51-,52-,56-,57+,58+,59-/m0/s1. The topological polar surface area (TPSA) is 393 Å². The molecule has 5 heterocycles. The van der Waals surface area contributed by atoms with Crippen LogP contribution in [0.2, 0.25) is 0 Å². The van der Waals surface area contributed by atoms with Crippen LogP contribution in [0.15, 0.2) is 11.6 Å². The summed E-state index contributed by atoms with van der Waals surface area (Å²) in [6.07, 6.45) is -27.9. The molecule has 14 N–H and O–H groups in total. The number of esters is 1. The second-order valence-corrected chi connectivity index (χ2v) is 28.6. The Labute approximate surface area is 490 Å². The summed E-state index contributed by atoms with van der Waals surface area (Å²) in [7, 11) is 0. The van der Waals surface area contributed by atoms with Gasteiger partial charge in [-0.15, -0.1) is 0 Å². The Morgan fingerprint density at radius 3 is 1.76 bits per heavy atom. The first-order chi connectivity index (χ1) is 39.3. The molecule has 0 spiro atoms. The van der Waals surface area contributed by atoms with Gasteiger partial charge in [-0.2, -0.15) is 0 Å². The minimum Gasteiger partial charge on any atom is -0.432 e. The van der Waals surface area contributed by atoms with E-state index in [9.17, 15) is 71.5 Å². The first kappa shape index (κ1) is 65.2. The summed E-state index contributed by atoms with van der Waals surface area (Å²) in [6.45, 7) is 17.3. The van der Waals surface area contributed by atoms with Crippen LogP contribution in [0.3, 0.4) is 0 Å². The van der Waals surface area contributed by atoms with Crippen molar-refractivity contribution in [3.8, 4) is 0 Å². The van der Waals surface area contributed by atoms with E-state index >= 15 is 4.79 Å². The number of hydrogen-bond donors (Lipinski definition) is 14. The lowest BCUT2D eigenvalue weighted by atomic mass is 9.33. The van der Waals surface area contributed by atoms with Crippen molar-refractivity contribution in [3.63, 3.8) is 0 Å². The largest absolute Gasteiger partial charge is 0.432 e. The number of hydrogen-bond acceptors (Lipinski definition) is 25.